The van der Waals surface area contributed by atoms with Crippen molar-refractivity contribution in [1.29, 1.82) is 0 Å². The molecule has 2 fully saturated rings. The van der Waals surface area contributed by atoms with E-state index in [2.05, 4.69) is 0 Å². The number of rotatable bonds is 4. The van der Waals surface area contributed by atoms with Crippen molar-refractivity contribution in [3.63, 3.8) is 0 Å². The second kappa shape index (κ2) is 7.31. The number of anilines is 1. The molecule has 1 aromatic carbocycles. The van der Waals surface area contributed by atoms with Crippen molar-refractivity contribution in [2.75, 3.05) is 4.90 Å². The molecule has 0 spiro atoms. The highest BCUT2D eigenvalue weighted by Gasteiger charge is 2.72. The summed E-state index contributed by atoms with van der Waals surface area (Å²) in [6.07, 6.45) is -4.56. The van der Waals surface area contributed by atoms with E-state index in [1.807, 2.05) is 0 Å². The molecule has 0 saturated carbocycles. The highest BCUT2D eigenvalue weighted by molar-refractivity contribution is 6.36. The van der Waals surface area contributed by atoms with Gasteiger partial charge in [0.15, 0.2) is 5.60 Å². The summed E-state index contributed by atoms with van der Waals surface area (Å²) in [5.74, 6) is -5.89. The molecule has 32 heavy (non-hydrogen) atoms. The van der Waals surface area contributed by atoms with Crippen LogP contribution in [0, 0.1) is 11.8 Å². The lowest BCUT2D eigenvalue weighted by Crippen LogP contribution is -2.52. The molecule has 1 aromatic rings. The number of ether oxygens (including phenoxy) is 3. The van der Waals surface area contributed by atoms with Gasteiger partial charge >= 0.3 is 18.1 Å². The molecule has 170 valence electrons. The maximum atomic E-state index is 13.4. The SMILES string of the molecule is CC(=O)OC(OC(C)=O)C12C=CC(O1)C1C(=O)N(c3cc(C(F)(F)F)ccc3Cl)C(=O)C12. The molecule has 3 aliphatic heterocycles. The molecule has 0 N–H and O–H groups in total. The minimum atomic E-state index is -4.73. The van der Waals surface area contributed by atoms with Gasteiger partial charge in [0.05, 0.1) is 34.2 Å². The van der Waals surface area contributed by atoms with Crippen molar-refractivity contribution >= 4 is 41.0 Å². The first-order valence-corrected chi connectivity index (χ1v) is 9.71. The van der Waals surface area contributed by atoms with E-state index in [0.29, 0.717) is 11.0 Å². The number of benzene rings is 1. The van der Waals surface area contributed by atoms with Crippen molar-refractivity contribution in [2.45, 2.75) is 38.0 Å². The van der Waals surface area contributed by atoms with Gasteiger partial charge in [-0.1, -0.05) is 17.7 Å². The van der Waals surface area contributed by atoms with Gasteiger partial charge in [0.25, 0.3) is 6.29 Å². The number of alkyl halides is 3. The average Bonchev–Trinajstić information content (AvgIpc) is 3.32. The summed E-state index contributed by atoms with van der Waals surface area (Å²) in [4.78, 5) is 50.2. The predicted molar refractivity (Wildman–Crippen MR) is 100.0 cm³/mol. The molecule has 12 heteroatoms. The third-order valence-electron chi connectivity index (χ3n) is 5.51. The van der Waals surface area contributed by atoms with Crippen LogP contribution in [0.15, 0.2) is 30.4 Å². The van der Waals surface area contributed by atoms with Gasteiger partial charge < -0.3 is 14.2 Å². The van der Waals surface area contributed by atoms with Gasteiger partial charge in [0, 0.05) is 13.8 Å². The highest BCUT2D eigenvalue weighted by Crippen LogP contribution is 2.55. The van der Waals surface area contributed by atoms with Gasteiger partial charge in [-0.3, -0.25) is 19.2 Å². The molecule has 2 bridgehead atoms. The van der Waals surface area contributed by atoms with Crippen LogP contribution in [0.1, 0.15) is 19.4 Å². The molecule has 3 heterocycles. The average molecular weight is 474 g/mol. The van der Waals surface area contributed by atoms with Crippen LogP contribution in [0.25, 0.3) is 0 Å². The Kier molecular flexibility index (Phi) is 5.09. The lowest BCUT2D eigenvalue weighted by Gasteiger charge is -2.34. The Hall–Kier alpha value is -2.92. The molecule has 0 aliphatic carbocycles. The summed E-state index contributed by atoms with van der Waals surface area (Å²) >= 11 is 6.04. The van der Waals surface area contributed by atoms with Gasteiger partial charge in [-0.05, 0) is 24.3 Å². The van der Waals surface area contributed by atoms with Crippen LogP contribution in [0.2, 0.25) is 5.02 Å². The normalized spacial score (nSPS) is 28.5. The minimum absolute atomic E-state index is 0.244. The van der Waals surface area contributed by atoms with Gasteiger partial charge in [-0.25, -0.2) is 4.90 Å². The Bertz CT molecular complexity index is 1060. The molecular formula is C20H15ClF3NO7. The maximum Gasteiger partial charge on any atom is 0.416 e. The Morgan fingerprint density at radius 3 is 2.34 bits per heavy atom. The Morgan fingerprint density at radius 2 is 1.78 bits per heavy atom. The van der Waals surface area contributed by atoms with Crippen LogP contribution in [0.5, 0.6) is 0 Å². The molecule has 0 radical (unpaired) electrons. The van der Waals surface area contributed by atoms with E-state index < -0.39 is 71.0 Å². The first-order valence-electron chi connectivity index (χ1n) is 9.33. The molecule has 0 aromatic heterocycles. The molecular weight excluding hydrogens is 459 g/mol. The summed E-state index contributed by atoms with van der Waals surface area (Å²) in [6.45, 7) is 2.10. The first-order chi connectivity index (χ1) is 14.9. The summed E-state index contributed by atoms with van der Waals surface area (Å²) in [5.41, 5.74) is -3.35. The van der Waals surface area contributed by atoms with E-state index in [4.69, 9.17) is 25.8 Å². The molecule has 4 rings (SSSR count). The number of imide groups is 1. The second-order valence-corrected chi connectivity index (χ2v) is 7.93. The molecule has 3 aliphatic rings. The summed E-state index contributed by atoms with van der Waals surface area (Å²) in [7, 11) is 0. The van der Waals surface area contributed by atoms with Crippen molar-refractivity contribution in [2.24, 2.45) is 11.8 Å². The van der Waals surface area contributed by atoms with Crippen LogP contribution >= 0.6 is 11.6 Å². The third kappa shape index (κ3) is 3.27. The standard InChI is InChI=1S/C20H15ClF3NO7/c1-8(26)30-18(31-9(2)27)19-6-5-13(32-19)14-15(19)17(29)25(16(14)28)12-7-10(20(22,23)24)3-4-11(12)21/h3-7,13-15,18H,1-2H3. The number of esters is 2. The topological polar surface area (TPSA) is 99.2 Å². The van der Waals surface area contributed by atoms with Crippen LogP contribution in [-0.4, -0.2) is 41.7 Å². The van der Waals surface area contributed by atoms with Crippen LogP contribution in [0.3, 0.4) is 0 Å². The fourth-order valence-corrected chi connectivity index (χ4v) is 4.52. The highest BCUT2D eigenvalue weighted by atomic mass is 35.5. The number of nitrogens with zero attached hydrogens (tertiary/aromatic N) is 1. The number of amides is 2. The van der Waals surface area contributed by atoms with E-state index in [1.165, 1.54) is 12.2 Å². The van der Waals surface area contributed by atoms with Gasteiger partial charge in [0.2, 0.25) is 11.8 Å². The smallest absolute Gasteiger partial charge is 0.416 e. The van der Waals surface area contributed by atoms with Gasteiger partial charge in [-0.15, -0.1) is 0 Å². The van der Waals surface area contributed by atoms with Gasteiger partial charge in [-0.2, -0.15) is 13.2 Å². The monoisotopic (exact) mass is 473 g/mol. The lowest BCUT2D eigenvalue weighted by atomic mass is 9.76. The fraction of sp³-hybridized carbons (Fsp3) is 0.400. The number of carbonyl (C=O) groups is 4. The maximum absolute atomic E-state index is 13.4. The van der Waals surface area contributed by atoms with Crippen LogP contribution < -0.4 is 4.90 Å². The van der Waals surface area contributed by atoms with E-state index in [0.717, 1.165) is 26.0 Å². The largest absolute Gasteiger partial charge is 0.422 e. The predicted octanol–water partition coefficient (Wildman–Crippen LogP) is 2.62. The second-order valence-electron chi connectivity index (χ2n) is 7.53. The molecule has 8 nitrogen and oxygen atoms in total. The van der Waals surface area contributed by atoms with E-state index in [1.54, 1.807) is 0 Å². The molecule has 2 saturated heterocycles. The Balaban J connectivity index is 1.78. The number of halogens is 4. The van der Waals surface area contributed by atoms with Gasteiger partial charge in [0.1, 0.15) is 0 Å². The number of hydrogen-bond donors (Lipinski definition) is 0. The zero-order valence-corrected chi connectivity index (χ0v) is 17.3. The zero-order chi connectivity index (χ0) is 23.6. The lowest BCUT2D eigenvalue weighted by molar-refractivity contribution is -0.226. The van der Waals surface area contributed by atoms with E-state index >= 15 is 0 Å². The Morgan fingerprint density at radius 1 is 1.16 bits per heavy atom. The van der Waals surface area contributed by atoms with Crippen molar-refractivity contribution in [3.8, 4) is 0 Å². The number of carbonyl (C=O) groups excluding carboxylic acids is 4. The molecule has 4 unspecified atom stereocenters. The number of fused-ring (bicyclic) bond motifs is 5. The summed E-state index contributed by atoms with van der Waals surface area (Å²) < 4.78 is 55.5. The van der Waals surface area contributed by atoms with Crippen molar-refractivity contribution < 1.29 is 46.6 Å². The molecule has 4 atom stereocenters. The third-order valence-corrected chi connectivity index (χ3v) is 5.83. The van der Waals surface area contributed by atoms with E-state index in [-0.39, 0.29) is 5.02 Å². The Labute approximate surface area is 183 Å². The number of hydrogen-bond acceptors (Lipinski definition) is 7. The quantitative estimate of drug-likeness (QED) is 0.287. The van der Waals surface area contributed by atoms with Crippen molar-refractivity contribution in [3.05, 3.63) is 40.9 Å². The molecule has 2 amide bonds. The van der Waals surface area contributed by atoms with Crippen LogP contribution in [0.4, 0.5) is 18.9 Å². The summed E-state index contributed by atoms with van der Waals surface area (Å²) in [6, 6.07) is 2.27. The minimum Gasteiger partial charge on any atom is -0.422 e. The summed E-state index contributed by atoms with van der Waals surface area (Å²) in [5, 5.41) is -0.244. The van der Waals surface area contributed by atoms with E-state index in [9.17, 15) is 32.3 Å². The zero-order valence-electron chi connectivity index (χ0n) is 16.5. The van der Waals surface area contributed by atoms with Crippen LogP contribution in [-0.2, 0) is 39.6 Å². The fourth-order valence-electron chi connectivity index (χ4n) is 4.31. The van der Waals surface area contributed by atoms with Crippen molar-refractivity contribution in [1.82, 2.24) is 0 Å². The first kappa shape index (κ1) is 22.3.